The number of nitrogens with one attached hydrogen (secondary N) is 1. The second-order valence-electron chi connectivity index (χ2n) is 8.78. The fraction of sp³-hybridized carbons (Fsp3) is 0.276. The standard InChI is InChI=1S/C29H32N2O4/c1-19-9-10-20(2)22(15-19)18-31-25-8-6-5-7-23(25)24(28(31)29(32)33)17-30-14-13-21-11-12-26(34-3)27(16-21)35-4/h5-12,15-16,30H,13-14,17-18H2,1-4H3,(H,32,33). The van der Waals surface area contributed by atoms with E-state index in [-0.39, 0.29) is 0 Å². The van der Waals surface area contributed by atoms with Crippen LogP contribution in [-0.4, -0.2) is 36.4 Å². The van der Waals surface area contributed by atoms with E-state index < -0.39 is 5.97 Å². The number of carboxylic acid groups (broad SMARTS) is 1. The molecule has 0 radical (unpaired) electrons. The minimum absolute atomic E-state index is 0.339. The molecule has 0 amide bonds. The van der Waals surface area contributed by atoms with Crippen molar-refractivity contribution in [1.82, 2.24) is 9.88 Å². The number of aromatic nitrogens is 1. The number of carbonyl (C=O) groups is 1. The van der Waals surface area contributed by atoms with Crippen LogP contribution in [0.1, 0.15) is 38.3 Å². The van der Waals surface area contributed by atoms with Gasteiger partial charge in [0.1, 0.15) is 5.69 Å². The highest BCUT2D eigenvalue weighted by Gasteiger charge is 2.22. The third-order valence-electron chi connectivity index (χ3n) is 6.45. The van der Waals surface area contributed by atoms with E-state index in [1.807, 2.05) is 47.0 Å². The van der Waals surface area contributed by atoms with Gasteiger partial charge >= 0.3 is 5.97 Å². The maximum atomic E-state index is 12.5. The van der Waals surface area contributed by atoms with Crippen molar-refractivity contribution < 1.29 is 19.4 Å². The van der Waals surface area contributed by atoms with Crippen LogP contribution in [0.3, 0.4) is 0 Å². The normalized spacial score (nSPS) is 11.1. The van der Waals surface area contributed by atoms with Crippen molar-refractivity contribution in [3.8, 4) is 11.5 Å². The molecule has 4 rings (SSSR count). The van der Waals surface area contributed by atoms with Crippen LogP contribution in [0.5, 0.6) is 11.5 Å². The Kier molecular flexibility index (Phi) is 7.42. The van der Waals surface area contributed by atoms with Gasteiger partial charge in [0.05, 0.1) is 14.2 Å². The Morgan fingerprint density at radius 3 is 2.49 bits per heavy atom. The largest absolute Gasteiger partial charge is 0.493 e. The first-order valence-corrected chi connectivity index (χ1v) is 11.7. The van der Waals surface area contributed by atoms with Crippen LogP contribution < -0.4 is 14.8 Å². The Morgan fingerprint density at radius 2 is 1.74 bits per heavy atom. The van der Waals surface area contributed by atoms with Gasteiger partial charge in [0.15, 0.2) is 11.5 Å². The first-order valence-electron chi connectivity index (χ1n) is 11.7. The molecule has 0 saturated heterocycles. The first-order chi connectivity index (χ1) is 16.9. The summed E-state index contributed by atoms with van der Waals surface area (Å²) in [5.41, 5.74) is 6.64. The van der Waals surface area contributed by atoms with Crippen LogP contribution in [0.25, 0.3) is 10.9 Å². The number of aryl methyl sites for hydroxylation is 2. The van der Waals surface area contributed by atoms with Crippen LogP contribution in [0.2, 0.25) is 0 Å². The van der Waals surface area contributed by atoms with E-state index in [1.54, 1.807) is 14.2 Å². The Bertz CT molecular complexity index is 1360. The lowest BCUT2D eigenvalue weighted by Gasteiger charge is -2.13. The van der Waals surface area contributed by atoms with E-state index in [0.717, 1.165) is 45.1 Å². The number of carboxylic acids is 1. The molecule has 4 aromatic rings. The monoisotopic (exact) mass is 472 g/mol. The maximum Gasteiger partial charge on any atom is 0.352 e. The summed E-state index contributed by atoms with van der Waals surface area (Å²) in [4.78, 5) is 12.5. The molecule has 0 spiro atoms. The molecule has 0 saturated carbocycles. The number of hydrogen-bond acceptors (Lipinski definition) is 4. The van der Waals surface area contributed by atoms with Gasteiger partial charge in [-0.3, -0.25) is 0 Å². The number of hydrogen-bond donors (Lipinski definition) is 2. The average molecular weight is 473 g/mol. The van der Waals surface area contributed by atoms with E-state index in [0.29, 0.717) is 36.8 Å². The number of aromatic carboxylic acids is 1. The quantitative estimate of drug-likeness (QED) is 0.304. The van der Waals surface area contributed by atoms with Gasteiger partial charge in [-0.2, -0.15) is 0 Å². The summed E-state index contributed by atoms with van der Waals surface area (Å²) in [6.07, 6.45) is 0.782. The number of fused-ring (bicyclic) bond motifs is 1. The third-order valence-corrected chi connectivity index (χ3v) is 6.45. The van der Waals surface area contributed by atoms with Crippen LogP contribution in [0.4, 0.5) is 0 Å². The predicted octanol–water partition coefficient (Wildman–Crippen LogP) is 5.35. The summed E-state index contributed by atoms with van der Waals surface area (Å²) in [5.74, 6) is 0.489. The average Bonchev–Trinajstić information content (AvgIpc) is 3.17. The molecule has 182 valence electrons. The molecule has 0 bridgehead atoms. The van der Waals surface area contributed by atoms with Gasteiger partial charge < -0.3 is 24.5 Å². The molecule has 1 aromatic heterocycles. The van der Waals surface area contributed by atoms with E-state index in [4.69, 9.17) is 9.47 Å². The highest BCUT2D eigenvalue weighted by atomic mass is 16.5. The lowest BCUT2D eigenvalue weighted by molar-refractivity contribution is 0.0684. The summed E-state index contributed by atoms with van der Waals surface area (Å²) in [6.45, 7) is 5.81. The number of ether oxygens (including phenoxy) is 2. The molecule has 0 aliphatic rings. The van der Waals surface area contributed by atoms with Crippen LogP contribution in [0.15, 0.2) is 60.7 Å². The van der Waals surface area contributed by atoms with Gasteiger partial charge in [-0.05, 0) is 61.7 Å². The third kappa shape index (κ3) is 5.17. The van der Waals surface area contributed by atoms with Gasteiger partial charge in [-0.25, -0.2) is 4.79 Å². The van der Waals surface area contributed by atoms with Crippen LogP contribution >= 0.6 is 0 Å². The number of rotatable bonds is 10. The zero-order chi connectivity index (χ0) is 24.9. The topological polar surface area (TPSA) is 72.7 Å². The fourth-order valence-corrected chi connectivity index (χ4v) is 4.59. The maximum absolute atomic E-state index is 12.5. The van der Waals surface area contributed by atoms with Crippen molar-refractivity contribution in [1.29, 1.82) is 0 Å². The number of methoxy groups -OCH3 is 2. The first kappa shape index (κ1) is 24.4. The lowest BCUT2D eigenvalue weighted by Crippen LogP contribution is -2.19. The second-order valence-corrected chi connectivity index (χ2v) is 8.78. The summed E-state index contributed by atoms with van der Waals surface area (Å²) in [7, 11) is 3.25. The Labute approximate surface area is 206 Å². The summed E-state index contributed by atoms with van der Waals surface area (Å²) in [6, 6.07) is 20.1. The zero-order valence-electron chi connectivity index (χ0n) is 20.7. The van der Waals surface area contributed by atoms with Crippen LogP contribution in [0, 0.1) is 13.8 Å². The minimum Gasteiger partial charge on any atom is -0.493 e. The molecule has 0 atom stereocenters. The molecule has 0 unspecified atom stereocenters. The zero-order valence-corrected chi connectivity index (χ0v) is 20.7. The minimum atomic E-state index is -0.914. The van der Waals surface area contributed by atoms with E-state index in [1.165, 1.54) is 0 Å². The molecule has 3 aromatic carbocycles. The molecule has 6 nitrogen and oxygen atoms in total. The highest BCUT2D eigenvalue weighted by molar-refractivity contribution is 5.98. The molecular formula is C29H32N2O4. The molecule has 6 heteroatoms. The summed E-state index contributed by atoms with van der Waals surface area (Å²) < 4.78 is 12.6. The fourth-order valence-electron chi connectivity index (χ4n) is 4.59. The second kappa shape index (κ2) is 10.7. The summed E-state index contributed by atoms with van der Waals surface area (Å²) >= 11 is 0. The van der Waals surface area contributed by atoms with Crippen molar-refractivity contribution in [3.63, 3.8) is 0 Å². The summed E-state index contributed by atoms with van der Waals surface area (Å²) in [5, 5.41) is 14.6. The van der Waals surface area contributed by atoms with Crippen LogP contribution in [-0.2, 0) is 19.5 Å². The molecule has 35 heavy (non-hydrogen) atoms. The lowest BCUT2D eigenvalue weighted by atomic mass is 10.1. The van der Waals surface area contributed by atoms with E-state index in [9.17, 15) is 9.90 Å². The van der Waals surface area contributed by atoms with Gasteiger partial charge in [0.25, 0.3) is 0 Å². The molecular weight excluding hydrogens is 440 g/mol. The van der Waals surface area contributed by atoms with Gasteiger partial charge in [0.2, 0.25) is 0 Å². The molecule has 1 heterocycles. The Balaban J connectivity index is 1.59. The van der Waals surface area contributed by atoms with Crippen molar-refractivity contribution >= 4 is 16.9 Å². The predicted molar refractivity (Wildman–Crippen MR) is 139 cm³/mol. The number of benzene rings is 3. The van der Waals surface area contributed by atoms with Crippen molar-refractivity contribution in [2.24, 2.45) is 0 Å². The molecule has 2 N–H and O–H groups in total. The molecule has 0 fully saturated rings. The van der Waals surface area contributed by atoms with Crippen molar-refractivity contribution in [2.75, 3.05) is 20.8 Å². The molecule has 0 aliphatic carbocycles. The van der Waals surface area contributed by atoms with Crippen molar-refractivity contribution in [3.05, 3.63) is 94.2 Å². The van der Waals surface area contributed by atoms with Gasteiger partial charge in [0, 0.05) is 29.6 Å². The van der Waals surface area contributed by atoms with Gasteiger partial charge in [-0.15, -0.1) is 0 Å². The Morgan fingerprint density at radius 1 is 0.971 bits per heavy atom. The number of nitrogens with zero attached hydrogens (tertiary/aromatic N) is 1. The molecule has 0 aliphatic heterocycles. The Hall–Kier alpha value is -3.77. The smallest absolute Gasteiger partial charge is 0.352 e. The van der Waals surface area contributed by atoms with E-state index in [2.05, 4.69) is 37.4 Å². The van der Waals surface area contributed by atoms with Gasteiger partial charge in [-0.1, -0.05) is 48.0 Å². The number of para-hydroxylation sites is 1. The van der Waals surface area contributed by atoms with Crippen molar-refractivity contribution in [2.45, 2.75) is 33.4 Å². The SMILES string of the molecule is COc1ccc(CCNCc2c(C(=O)O)n(Cc3cc(C)ccc3C)c3ccccc23)cc1OC. The van der Waals surface area contributed by atoms with E-state index >= 15 is 0 Å². The highest BCUT2D eigenvalue weighted by Crippen LogP contribution is 2.29.